The fourth-order valence-corrected chi connectivity index (χ4v) is 1.51. The molecular weight excluding hydrogens is 174 g/mol. The molecular formula is C12H15NO. The molecule has 0 atom stereocenters. The van der Waals surface area contributed by atoms with Gasteiger partial charge in [-0.3, -0.25) is 4.79 Å². The first-order valence-corrected chi connectivity index (χ1v) is 4.72. The van der Waals surface area contributed by atoms with Crippen LogP contribution in [0.5, 0.6) is 0 Å². The van der Waals surface area contributed by atoms with Gasteiger partial charge >= 0.3 is 0 Å². The molecule has 0 saturated heterocycles. The van der Waals surface area contributed by atoms with Crippen molar-refractivity contribution < 1.29 is 4.79 Å². The summed E-state index contributed by atoms with van der Waals surface area (Å²) in [5.74, 6) is -0.481. The van der Waals surface area contributed by atoms with E-state index in [-0.39, 0.29) is 0 Å². The Morgan fingerprint density at radius 2 is 1.71 bits per heavy atom. The van der Waals surface area contributed by atoms with E-state index in [2.05, 4.69) is 36.6 Å². The number of hydrogen-bond acceptors (Lipinski definition) is 1. The van der Waals surface area contributed by atoms with E-state index in [0.717, 1.165) is 6.08 Å². The number of amides is 1. The van der Waals surface area contributed by atoms with Gasteiger partial charge in [0.1, 0.15) is 0 Å². The van der Waals surface area contributed by atoms with Crippen LogP contribution >= 0.6 is 0 Å². The smallest absolute Gasteiger partial charge is 0.240 e. The first-order chi connectivity index (χ1) is 6.74. The van der Waals surface area contributed by atoms with Crippen molar-refractivity contribution >= 4 is 5.91 Å². The molecule has 2 N–H and O–H groups in total. The van der Waals surface area contributed by atoms with E-state index in [9.17, 15) is 4.79 Å². The molecule has 0 spiro atoms. The van der Waals surface area contributed by atoms with Crippen LogP contribution in [-0.4, -0.2) is 5.91 Å². The molecule has 1 aliphatic rings. The second kappa shape index (κ2) is 5.22. The summed E-state index contributed by atoms with van der Waals surface area (Å²) in [6.45, 7) is 3.09. The van der Waals surface area contributed by atoms with Gasteiger partial charge in [-0.05, 0) is 36.5 Å². The van der Waals surface area contributed by atoms with Crippen molar-refractivity contribution in [2.24, 2.45) is 5.73 Å². The maximum Gasteiger partial charge on any atom is 0.240 e. The van der Waals surface area contributed by atoms with Gasteiger partial charge in [0.2, 0.25) is 5.91 Å². The molecule has 2 nitrogen and oxygen atoms in total. The largest absolute Gasteiger partial charge is 0.366 e. The second-order valence-electron chi connectivity index (χ2n) is 3.23. The lowest BCUT2D eigenvalue weighted by molar-refractivity contribution is -0.113. The maximum absolute atomic E-state index is 9.47. The van der Waals surface area contributed by atoms with Crippen molar-refractivity contribution in [2.45, 2.75) is 19.3 Å². The molecule has 1 aliphatic carbocycles. The molecule has 1 aromatic carbocycles. The molecule has 2 heteroatoms. The van der Waals surface area contributed by atoms with Gasteiger partial charge in [-0.2, -0.15) is 0 Å². The summed E-state index contributed by atoms with van der Waals surface area (Å²) in [5, 5.41) is 0. The molecule has 2 rings (SSSR count). The maximum atomic E-state index is 9.47. The Labute approximate surface area is 84.4 Å². The van der Waals surface area contributed by atoms with Crippen LogP contribution in [0.2, 0.25) is 0 Å². The quantitative estimate of drug-likeness (QED) is 0.673. The fourth-order valence-electron chi connectivity index (χ4n) is 1.51. The molecule has 0 aromatic heterocycles. The number of carbonyl (C=O) groups excluding carboxylic acids is 1. The van der Waals surface area contributed by atoms with Crippen LogP contribution in [0.1, 0.15) is 17.5 Å². The van der Waals surface area contributed by atoms with Gasteiger partial charge in [0.15, 0.2) is 0 Å². The Hall–Kier alpha value is -1.57. The average Bonchev–Trinajstić information content (AvgIpc) is 2.66. The summed E-state index contributed by atoms with van der Waals surface area (Å²) >= 11 is 0. The molecule has 0 unspecified atom stereocenters. The zero-order valence-corrected chi connectivity index (χ0v) is 8.20. The van der Waals surface area contributed by atoms with Gasteiger partial charge in [-0.1, -0.05) is 30.8 Å². The highest BCUT2D eigenvalue weighted by atomic mass is 16.1. The summed E-state index contributed by atoms with van der Waals surface area (Å²) in [6, 6.07) is 8.74. The van der Waals surface area contributed by atoms with Crippen molar-refractivity contribution in [2.75, 3.05) is 0 Å². The van der Waals surface area contributed by atoms with Crippen molar-refractivity contribution in [1.82, 2.24) is 0 Å². The van der Waals surface area contributed by atoms with E-state index in [1.807, 2.05) is 0 Å². The Kier molecular flexibility index (Phi) is 3.92. The molecule has 0 saturated carbocycles. The average molecular weight is 189 g/mol. The standard InChI is InChI=1S/C9H10.C3H5NO/c1-2-5-9-7-3-6-8(9)4-1;1-2-3(4)5/h1-2,4-5H,3,6-7H2;2H,1H2,(H2,4,5). The van der Waals surface area contributed by atoms with E-state index in [4.69, 9.17) is 0 Å². The van der Waals surface area contributed by atoms with E-state index in [1.54, 1.807) is 11.1 Å². The molecule has 1 aromatic rings. The molecule has 0 aliphatic heterocycles. The molecule has 0 bridgehead atoms. The zero-order chi connectivity index (χ0) is 10.4. The first kappa shape index (κ1) is 10.5. The van der Waals surface area contributed by atoms with Crippen molar-refractivity contribution in [1.29, 1.82) is 0 Å². The molecule has 14 heavy (non-hydrogen) atoms. The van der Waals surface area contributed by atoms with Crippen LogP contribution in [0.25, 0.3) is 0 Å². The third-order valence-corrected chi connectivity index (χ3v) is 2.21. The predicted octanol–water partition coefficient (Wildman–Crippen LogP) is 1.83. The van der Waals surface area contributed by atoms with Crippen LogP contribution in [0.4, 0.5) is 0 Å². The van der Waals surface area contributed by atoms with E-state index < -0.39 is 5.91 Å². The lowest BCUT2D eigenvalue weighted by Crippen LogP contribution is -2.04. The highest BCUT2D eigenvalue weighted by molar-refractivity contribution is 5.84. The van der Waals surface area contributed by atoms with E-state index >= 15 is 0 Å². The van der Waals surface area contributed by atoms with Crippen LogP contribution in [0.15, 0.2) is 36.9 Å². The minimum atomic E-state index is -0.481. The Morgan fingerprint density at radius 1 is 1.29 bits per heavy atom. The number of nitrogens with two attached hydrogens (primary N) is 1. The van der Waals surface area contributed by atoms with E-state index in [1.165, 1.54) is 19.3 Å². The minimum Gasteiger partial charge on any atom is -0.366 e. The summed E-state index contributed by atoms with van der Waals surface area (Å²) < 4.78 is 0. The zero-order valence-electron chi connectivity index (χ0n) is 8.20. The highest BCUT2D eigenvalue weighted by Crippen LogP contribution is 2.20. The fraction of sp³-hybridized carbons (Fsp3) is 0.250. The third kappa shape index (κ3) is 3.05. The lowest BCUT2D eigenvalue weighted by atomic mass is 10.1. The summed E-state index contributed by atoms with van der Waals surface area (Å²) in [6.07, 6.45) is 5.02. The van der Waals surface area contributed by atoms with Crippen LogP contribution < -0.4 is 5.73 Å². The molecule has 0 heterocycles. The van der Waals surface area contributed by atoms with E-state index in [0.29, 0.717) is 0 Å². The van der Waals surface area contributed by atoms with Crippen LogP contribution in [-0.2, 0) is 17.6 Å². The van der Waals surface area contributed by atoms with Gasteiger partial charge in [0, 0.05) is 0 Å². The number of aryl methyl sites for hydroxylation is 2. The van der Waals surface area contributed by atoms with Crippen molar-refractivity contribution in [3.8, 4) is 0 Å². The Bertz CT molecular complexity index is 308. The summed E-state index contributed by atoms with van der Waals surface area (Å²) in [4.78, 5) is 9.47. The monoisotopic (exact) mass is 189 g/mol. The SMILES string of the molecule is C=CC(N)=O.c1ccc2c(c1)CCC2. The third-order valence-electron chi connectivity index (χ3n) is 2.21. The lowest BCUT2D eigenvalue weighted by Gasteiger charge is -1.93. The molecule has 1 amide bonds. The number of benzene rings is 1. The number of primary amides is 1. The Morgan fingerprint density at radius 3 is 2.07 bits per heavy atom. The topological polar surface area (TPSA) is 43.1 Å². The number of rotatable bonds is 1. The first-order valence-electron chi connectivity index (χ1n) is 4.72. The number of fused-ring (bicyclic) bond motifs is 1. The second-order valence-corrected chi connectivity index (χ2v) is 3.23. The van der Waals surface area contributed by atoms with Gasteiger partial charge in [-0.15, -0.1) is 0 Å². The van der Waals surface area contributed by atoms with Gasteiger partial charge < -0.3 is 5.73 Å². The normalized spacial score (nSPS) is 12.3. The predicted molar refractivity (Wildman–Crippen MR) is 57.9 cm³/mol. The van der Waals surface area contributed by atoms with Crippen LogP contribution in [0, 0.1) is 0 Å². The van der Waals surface area contributed by atoms with Gasteiger partial charge in [0.05, 0.1) is 0 Å². The highest BCUT2D eigenvalue weighted by Gasteiger charge is 2.07. The van der Waals surface area contributed by atoms with Gasteiger partial charge in [0.25, 0.3) is 0 Å². The molecule has 0 radical (unpaired) electrons. The van der Waals surface area contributed by atoms with Crippen molar-refractivity contribution in [3.63, 3.8) is 0 Å². The van der Waals surface area contributed by atoms with Crippen molar-refractivity contribution in [3.05, 3.63) is 48.0 Å². The molecule has 74 valence electrons. The number of carbonyl (C=O) groups is 1. The summed E-state index contributed by atoms with van der Waals surface area (Å²) in [7, 11) is 0. The molecule has 0 fully saturated rings. The summed E-state index contributed by atoms with van der Waals surface area (Å²) in [5.41, 5.74) is 7.67. The number of hydrogen-bond donors (Lipinski definition) is 1. The van der Waals surface area contributed by atoms with Gasteiger partial charge in [-0.25, -0.2) is 0 Å². The minimum absolute atomic E-state index is 0.481. The van der Waals surface area contributed by atoms with Crippen LogP contribution in [0.3, 0.4) is 0 Å². The Balaban J connectivity index is 0.000000171.